The molecule has 3 aromatic rings. The number of aromatic nitrogens is 1. The topological polar surface area (TPSA) is 49.6 Å². The molecule has 0 radical (unpaired) electrons. The maximum Gasteiger partial charge on any atom is 0.289 e. The van der Waals surface area contributed by atoms with Gasteiger partial charge in [-0.15, -0.1) is 11.3 Å². The number of carbonyl (C=O) groups is 1. The van der Waals surface area contributed by atoms with Gasteiger partial charge in [-0.1, -0.05) is 12.1 Å². The highest BCUT2D eigenvalue weighted by Crippen LogP contribution is 2.33. The van der Waals surface area contributed by atoms with E-state index >= 15 is 0 Å². The molecule has 1 atom stereocenters. The molecule has 28 heavy (non-hydrogen) atoms. The van der Waals surface area contributed by atoms with E-state index < -0.39 is 0 Å². The quantitative estimate of drug-likeness (QED) is 0.652. The fourth-order valence-corrected chi connectivity index (χ4v) is 5.42. The van der Waals surface area contributed by atoms with Crippen molar-refractivity contribution in [3.05, 3.63) is 52.9 Å². The molecule has 4 heterocycles. The number of fused-ring (bicyclic) bond motifs is 1. The molecule has 0 spiro atoms. The second-order valence-electron chi connectivity index (χ2n) is 7.86. The molecule has 0 aliphatic carbocycles. The molecule has 2 fully saturated rings. The van der Waals surface area contributed by atoms with E-state index in [1.807, 2.05) is 23.1 Å². The highest BCUT2D eigenvalue weighted by molar-refractivity contribution is 7.18. The Morgan fingerprint density at radius 3 is 2.82 bits per heavy atom. The molecule has 146 valence electrons. The van der Waals surface area contributed by atoms with Gasteiger partial charge in [-0.05, 0) is 63.0 Å². The van der Waals surface area contributed by atoms with Crippen LogP contribution in [0, 0.1) is 0 Å². The first-order chi connectivity index (χ1) is 13.8. The van der Waals surface area contributed by atoms with E-state index in [4.69, 9.17) is 9.40 Å². The zero-order valence-electron chi connectivity index (χ0n) is 16.0. The van der Waals surface area contributed by atoms with Crippen molar-refractivity contribution >= 4 is 27.5 Å². The molecule has 2 aliphatic heterocycles. The summed E-state index contributed by atoms with van der Waals surface area (Å²) in [4.78, 5) is 22.1. The molecular weight excluding hydrogens is 370 g/mol. The number of amides is 1. The lowest BCUT2D eigenvalue weighted by atomic mass is 9.98. The maximum absolute atomic E-state index is 13.0. The van der Waals surface area contributed by atoms with Crippen molar-refractivity contribution in [2.24, 2.45) is 0 Å². The Kier molecular flexibility index (Phi) is 4.91. The summed E-state index contributed by atoms with van der Waals surface area (Å²) in [5, 5.41) is 1.15. The van der Waals surface area contributed by atoms with E-state index in [2.05, 4.69) is 23.1 Å². The SMILES string of the molecule is O=C(c1ccc(CN2CCCC2)o1)N1CCCC(c2nc3ccccc3s2)C1. The number of para-hydroxylation sites is 1. The molecule has 5 nitrogen and oxygen atoms in total. The van der Waals surface area contributed by atoms with Crippen LogP contribution in [-0.4, -0.2) is 46.9 Å². The van der Waals surface area contributed by atoms with Gasteiger partial charge in [0.25, 0.3) is 5.91 Å². The molecule has 1 amide bonds. The van der Waals surface area contributed by atoms with Gasteiger partial charge >= 0.3 is 0 Å². The Morgan fingerprint density at radius 1 is 1.11 bits per heavy atom. The van der Waals surface area contributed by atoms with Crippen LogP contribution in [-0.2, 0) is 6.54 Å². The summed E-state index contributed by atoms with van der Waals surface area (Å²) in [6.07, 6.45) is 4.61. The van der Waals surface area contributed by atoms with Gasteiger partial charge in [0.15, 0.2) is 5.76 Å². The molecule has 1 aromatic carbocycles. The van der Waals surface area contributed by atoms with E-state index in [-0.39, 0.29) is 5.91 Å². The predicted octanol–water partition coefficient (Wildman–Crippen LogP) is 4.50. The van der Waals surface area contributed by atoms with Crippen LogP contribution in [0.2, 0.25) is 0 Å². The lowest BCUT2D eigenvalue weighted by Gasteiger charge is -2.31. The van der Waals surface area contributed by atoms with Gasteiger partial charge in [0.05, 0.1) is 21.8 Å². The van der Waals surface area contributed by atoms with Crippen LogP contribution >= 0.6 is 11.3 Å². The lowest BCUT2D eigenvalue weighted by molar-refractivity contribution is 0.0671. The van der Waals surface area contributed by atoms with Crippen LogP contribution in [0.4, 0.5) is 0 Å². The van der Waals surface area contributed by atoms with Gasteiger partial charge in [-0.25, -0.2) is 4.98 Å². The van der Waals surface area contributed by atoms with E-state index in [0.29, 0.717) is 11.7 Å². The third kappa shape index (κ3) is 3.59. The summed E-state index contributed by atoms with van der Waals surface area (Å²) in [5.74, 6) is 1.69. The summed E-state index contributed by atoms with van der Waals surface area (Å²) < 4.78 is 7.12. The molecule has 0 N–H and O–H groups in total. The van der Waals surface area contributed by atoms with Gasteiger partial charge in [0.2, 0.25) is 0 Å². The van der Waals surface area contributed by atoms with E-state index in [1.165, 1.54) is 17.5 Å². The number of furan rings is 1. The van der Waals surface area contributed by atoms with E-state index in [0.717, 1.165) is 61.8 Å². The maximum atomic E-state index is 13.0. The fourth-order valence-electron chi connectivity index (χ4n) is 4.32. The van der Waals surface area contributed by atoms with Gasteiger partial charge in [0, 0.05) is 19.0 Å². The van der Waals surface area contributed by atoms with Gasteiger partial charge in [0.1, 0.15) is 5.76 Å². The molecular formula is C22H25N3O2S. The van der Waals surface area contributed by atoms with Crippen LogP contribution in [0.1, 0.15) is 52.9 Å². The number of thiazole rings is 1. The number of benzene rings is 1. The Labute approximate surface area is 169 Å². The van der Waals surface area contributed by atoms with Crippen molar-refractivity contribution in [3.63, 3.8) is 0 Å². The first kappa shape index (κ1) is 17.9. The second kappa shape index (κ2) is 7.68. The van der Waals surface area contributed by atoms with Crippen LogP contribution in [0.25, 0.3) is 10.2 Å². The molecule has 0 bridgehead atoms. The zero-order valence-corrected chi connectivity index (χ0v) is 16.8. The van der Waals surface area contributed by atoms with Crippen LogP contribution in [0.3, 0.4) is 0 Å². The van der Waals surface area contributed by atoms with Crippen molar-refractivity contribution in [2.45, 2.75) is 38.1 Å². The highest BCUT2D eigenvalue weighted by Gasteiger charge is 2.29. The van der Waals surface area contributed by atoms with Crippen LogP contribution in [0.15, 0.2) is 40.8 Å². The normalized spacial score (nSPS) is 20.9. The minimum atomic E-state index is 0.0125. The minimum absolute atomic E-state index is 0.0125. The van der Waals surface area contributed by atoms with Gasteiger partial charge in [-0.3, -0.25) is 9.69 Å². The third-order valence-corrected chi connectivity index (χ3v) is 7.02. The molecule has 2 aromatic heterocycles. The van der Waals surface area contributed by atoms with Crippen molar-refractivity contribution < 1.29 is 9.21 Å². The number of nitrogens with zero attached hydrogens (tertiary/aromatic N) is 3. The molecule has 6 heteroatoms. The average Bonchev–Trinajstić information content (AvgIpc) is 3.48. The van der Waals surface area contributed by atoms with E-state index in [9.17, 15) is 4.79 Å². The molecule has 0 saturated carbocycles. The first-order valence-electron chi connectivity index (χ1n) is 10.2. The minimum Gasteiger partial charge on any atom is -0.455 e. The summed E-state index contributed by atoms with van der Waals surface area (Å²) in [7, 11) is 0. The highest BCUT2D eigenvalue weighted by atomic mass is 32.1. The number of carbonyl (C=O) groups excluding carboxylic acids is 1. The average molecular weight is 396 g/mol. The fraction of sp³-hybridized carbons (Fsp3) is 0.455. The predicted molar refractivity (Wildman–Crippen MR) is 111 cm³/mol. The number of rotatable bonds is 4. The third-order valence-electron chi connectivity index (χ3n) is 5.82. The van der Waals surface area contributed by atoms with Crippen molar-refractivity contribution in [3.8, 4) is 0 Å². The van der Waals surface area contributed by atoms with Crippen LogP contribution < -0.4 is 0 Å². The second-order valence-corrected chi connectivity index (χ2v) is 8.92. The Hall–Kier alpha value is -2.18. The summed E-state index contributed by atoms with van der Waals surface area (Å²) >= 11 is 1.76. The number of likely N-dealkylation sites (tertiary alicyclic amines) is 2. The largest absolute Gasteiger partial charge is 0.455 e. The standard InChI is InChI=1S/C22H25N3O2S/c26-22(19-10-9-17(27-19)15-24-11-3-4-12-24)25-13-5-6-16(14-25)21-23-18-7-1-2-8-20(18)28-21/h1-2,7-10,16H,3-6,11-15H2. The summed E-state index contributed by atoms with van der Waals surface area (Å²) in [6.45, 7) is 4.57. The smallest absolute Gasteiger partial charge is 0.289 e. The molecule has 1 unspecified atom stereocenters. The molecule has 5 rings (SSSR count). The van der Waals surface area contributed by atoms with Gasteiger partial charge in [-0.2, -0.15) is 0 Å². The van der Waals surface area contributed by atoms with Crippen molar-refractivity contribution in [1.29, 1.82) is 0 Å². The molecule has 2 aliphatic rings. The Balaban J connectivity index is 1.28. The van der Waals surface area contributed by atoms with E-state index in [1.54, 1.807) is 11.3 Å². The Bertz CT molecular complexity index is 940. The number of hydrogen-bond acceptors (Lipinski definition) is 5. The van der Waals surface area contributed by atoms with Crippen molar-refractivity contribution in [1.82, 2.24) is 14.8 Å². The lowest BCUT2D eigenvalue weighted by Crippen LogP contribution is -2.38. The van der Waals surface area contributed by atoms with Crippen LogP contribution in [0.5, 0.6) is 0 Å². The number of piperidine rings is 1. The monoisotopic (exact) mass is 395 g/mol. The zero-order chi connectivity index (χ0) is 18.9. The summed E-state index contributed by atoms with van der Waals surface area (Å²) in [5.41, 5.74) is 1.06. The first-order valence-corrected chi connectivity index (χ1v) is 11.0. The Morgan fingerprint density at radius 2 is 1.96 bits per heavy atom. The summed E-state index contributed by atoms with van der Waals surface area (Å²) in [6, 6.07) is 12.1. The number of hydrogen-bond donors (Lipinski definition) is 0. The molecule has 2 saturated heterocycles. The van der Waals surface area contributed by atoms with Crippen molar-refractivity contribution in [2.75, 3.05) is 26.2 Å². The van der Waals surface area contributed by atoms with Gasteiger partial charge < -0.3 is 9.32 Å².